The fourth-order valence-corrected chi connectivity index (χ4v) is 5.25. The molecule has 2 aromatic heterocycles. The zero-order valence-electron chi connectivity index (χ0n) is 18.7. The minimum atomic E-state index is -0.953. The number of carbonyl (C=O) groups is 2. The highest BCUT2D eigenvalue weighted by molar-refractivity contribution is 5.78. The van der Waals surface area contributed by atoms with Gasteiger partial charge >= 0.3 is 12.0 Å². The Hall–Kier alpha value is -3.23. The predicted molar refractivity (Wildman–Crippen MR) is 122 cm³/mol. The Morgan fingerprint density at radius 2 is 2.00 bits per heavy atom. The summed E-state index contributed by atoms with van der Waals surface area (Å²) < 4.78 is 0. The van der Waals surface area contributed by atoms with Crippen molar-refractivity contribution in [2.45, 2.75) is 56.4 Å². The molecule has 2 amide bonds. The second-order valence-corrected chi connectivity index (χ2v) is 9.36. The number of fused-ring (bicyclic) bond motifs is 2. The van der Waals surface area contributed by atoms with Gasteiger partial charge in [0.25, 0.3) is 0 Å². The molecule has 1 aliphatic carbocycles. The molecule has 1 saturated carbocycles. The van der Waals surface area contributed by atoms with E-state index in [4.69, 9.17) is 4.98 Å². The van der Waals surface area contributed by atoms with Gasteiger partial charge in [-0.25, -0.2) is 19.7 Å². The monoisotopic (exact) mass is 450 g/mol. The van der Waals surface area contributed by atoms with Gasteiger partial charge in [0, 0.05) is 55.4 Å². The van der Waals surface area contributed by atoms with E-state index >= 15 is 0 Å². The fourth-order valence-electron chi connectivity index (χ4n) is 5.25. The molecular weight excluding hydrogens is 420 g/mol. The van der Waals surface area contributed by atoms with E-state index in [2.05, 4.69) is 27.4 Å². The number of aliphatic carboxylic acids is 1. The van der Waals surface area contributed by atoms with E-state index < -0.39 is 12.0 Å². The third-order valence-electron chi connectivity index (χ3n) is 7.20. The Morgan fingerprint density at radius 1 is 1.18 bits per heavy atom. The summed E-state index contributed by atoms with van der Waals surface area (Å²) in [6.07, 6.45) is 11.0. The van der Waals surface area contributed by atoms with Gasteiger partial charge in [0.15, 0.2) is 0 Å². The zero-order valence-corrected chi connectivity index (χ0v) is 18.7. The van der Waals surface area contributed by atoms with Crippen LogP contribution in [0.15, 0.2) is 30.9 Å². The van der Waals surface area contributed by atoms with E-state index in [1.165, 1.54) is 37.6 Å². The second-order valence-electron chi connectivity index (χ2n) is 9.36. The van der Waals surface area contributed by atoms with Crippen LogP contribution in [-0.4, -0.2) is 68.0 Å². The number of rotatable bonds is 8. The van der Waals surface area contributed by atoms with Crippen molar-refractivity contribution >= 4 is 17.8 Å². The van der Waals surface area contributed by atoms with Crippen LogP contribution in [0.5, 0.6) is 0 Å². The van der Waals surface area contributed by atoms with E-state index in [-0.39, 0.29) is 12.5 Å². The normalized spacial score (nSPS) is 19.7. The topological polar surface area (TPSA) is 112 Å². The smallest absolute Gasteiger partial charge is 0.320 e. The Labute approximate surface area is 193 Å². The van der Waals surface area contributed by atoms with Crippen LogP contribution in [0.25, 0.3) is 0 Å². The van der Waals surface area contributed by atoms with Crippen LogP contribution >= 0.6 is 0 Å². The minimum Gasteiger partial charge on any atom is -0.481 e. The molecule has 1 atom stereocenters. The number of urea groups is 1. The average Bonchev–Trinajstić information content (AvgIpc) is 3.56. The van der Waals surface area contributed by atoms with Crippen molar-refractivity contribution in [2.24, 2.45) is 0 Å². The van der Waals surface area contributed by atoms with Gasteiger partial charge < -0.3 is 20.2 Å². The van der Waals surface area contributed by atoms with Crippen molar-refractivity contribution in [3.05, 3.63) is 47.7 Å². The lowest BCUT2D eigenvalue weighted by Gasteiger charge is -2.26. The molecule has 2 aromatic rings. The van der Waals surface area contributed by atoms with Gasteiger partial charge in [-0.1, -0.05) is 6.07 Å². The first-order valence-electron chi connectivity index (χ1n) is 11.8. The molecular formula is C24H30N6O3. The third kappa shape index (κ3) is 4.49. The second kappa shape index (κ2) is 8.96. The number of carboxylic acids is 1. The molecule has 33 heavy (non-hydrogen) atoms. The summed E-state index contributed by atoms with van der Waals surface area (Å²) in [6.45, 7) is 2.68. The number of aromatic nitrogens is 3. The lowest BCUT2D eigenvalue weighted by molar-refractivity contribution is -0.138. The summed E-state index contributed by atoms with van der Waals surface area (Å²) >= 11 is 0. The van der Waals surface area contributed by atoms with E-state index in [1.54, 1.807) is 22.2 Å². The summed E-state index contributed by atoms with van der Waals surface area (Å²) in [5.41, 5.74) is 3.44. The van der Waals surface area contributed by atoms with Crippen molar-refractivity contribution in [3.63, 3.8) is 0 Å². The number of nitrogens with one attached hydrogen (secondary N) is 1. The van der Waals surface area contributed by atoms with Crippen LogP contribution in [-0.2, 0) is 16.6 Å². The number of carbonyl (C=O) groups excluding carboxylic acids is 1. The van der Waals surface area contributed by atoms with Gasteiger partial charge in [-0.05, 0) is 50.0 Å². The molecule has 4 heterocycles. The molecule has 2 N–H and O–H groups in total. The number of nitrogens with zero attached hydrogens (tertiary/aromatic N) is 5. The Morgan fingerprint density at radius 3 is 2.76 bits per heavy atom. The number of anilines is 1. The highest BCUT2D eigenvalue weighted by Crippen LogP contribution is 2.54. The first kappa shape index (κ1) is 21.6. The largest absolute Gasteiger partial charge is 0.481 e. The van der Waals surface area contributed by atoms with Crippen LogP contribution in [0.4, 0.5) is 10.6 Å². The van der Waals surface area contributed by atoms with Gasteiger partial charge in [-0.15, -0.1) is 0 Å². The van der Waals surface area contributed by atoms with Gasteiger partial charge in [0.05, 0.1) is 12.5 Å². The average molecular weight is 451 g/mol. The van der Waals surface area contributed by atoms with Crippen LogP contribution in [0.2, 0.25) is 0 Å². The maximum absolute atomic E-state index is 13.0. The molecule has 3 aliphatic rings. The molecule has 1 spiro atoms. The van der Waals surface area contributed by atoms with Crippen molar-refractivity contribution in [1.82, 2.24) is 24.8 Å². The summed E-state index contributed by atoms with van der Waals surface area (Å²) in [4.78, 5) is 40.8. The number of hydrogen-bond donors (Lipinski definition) is 2. The predicted octanol–water partition coefficient (Wildman–Crippen LogP) is 3.00. The third-order valence-corrected chi connectivity index (χ3v) is 7.20. The highest BCUT2D eigenvalue weighted by atomic mass is 16.4. The number of hydrogen-bond acceptors (Lipinski definition) is 6. The minimum absolute atomic E-state index is 0.127. The SMILES string of the molecule is O=C(O)CC(c1cncnc1)N1CCN(CCCc2ccc3c(n2)NCCCC32CC2)C1=O. The molecule has 1 saturated heterocycles. The van der Waals surface area contributed by atoms with Crippen molar-refractivity contribution in [1.29, 1.82) is 0 Å². The number of amides is 2. The van der Waals surface area contributed by atoms with E-state index in [0.29, 0.717) is 30.6 Å². The van der Waals surface area contributed by atoms with E-state index in [1.807, 2.05) is 0 Å². The highest BCUT2D eigenvalue weighted by Gasteiger charge is 2.46. The molecule has 174 valence electrons. The zero-order chi connectivity index (χ0) is 22.8. The molecule has 0 bridgehead atoms. The Kier molecular flexibility index (Phi) is 5.86. The molecule has 1 unspecified atom stereocenters. The van der Waals surface area contributed by atoms with Gasteiger partial charge in [0.2, 0.25) is 0 Å². The van der Waals surface area contributed by atoms with Crippen molar-refractivity contribution in [2.75, 3.05) is 31.5 Å². The first-order chi connectivity index (χ1) is 16.1. The summed E-state index contributed by atoms with van der Waals surface area (Å²) in [5.74, 6) is 0.0958. The van der Waals surface area contributed by atoms with Crippen LogP contribution < -0.4 is 5.32 Å². The van der Waals surface area contributed by atoms with Crippen LogP contribution in [0.1, 0.15) is 61.4 Å². The quantitative estimate of drug-likeness (QED) is 0.636. The number of aryl methyl sites for hydroxylation is 1. The maximum Gasteiger partial charge on any atom is 0.320 e. The fraction of sp³-hybridized carbons (Fsp3) is 0.542. The molecule has 0 radical (unpaired) electrons. The first-order valence-corrected chi connectivity index (χ1v) is 11.8. The maximum atomic E-state index is 13.0. The lowest BCUT2D eigenvalue weighted by Crippen LogP contribution is -2.36. The summed E-state index contributed by atoms with van der Waals surface area (Å²) in [5, 5.41) is 12.9. The van der Waals surface area contributed by atoms with Crippen LogP contribution in [0.3, 0.4) is 0 Å². The Bertz CT molecular complexity index is 1030. The van der Waals surface area contributed by atoms with E-state index in [0.717, 1.165) is 30.9 Å². The summed E-state index contributed by atoms with van der Waals surface area (Å²) in [6, 6.07) is 3.71. The number of carboxylic acid groups (broad SMARTS) is 1. The molecule has 2 fully saturated rings. The lowest BCUT2D eigenvalue weighted by atomic mass is 9.92. The van der Waals surface area contributed by atoms with Crippen LogP contribution in [0, 0.1) is 0 Å². The molecule has 0 aromatic carbocycles. The van der Waals surface area contributed by atoms with Gasteiger partial charge in [-0.2, -0.15) is 0 Å². The van der Waals surface area contributed by atoms with Crippen molar-refractivity contribution in [3.8, 4) is 0 Å². The molecule has 2 aliphatic heterocycles. The Balaban J connectivity index is 1.20. The summed E-state index contributed by atoms with van der Waals surface area (Å²) in [7, 11) is 0. The van der Waals surface area contributed by atoms with E-state index in [9.17, 15) is 14.7 Å². The molecule has 9 nitrogen and oxygen atoms in total. The molecule has 9 heteroatoms. The number of pyridine rings is 1. The van der Waals surface area contributed by atoms with Gasteiger partial charge in [-0.3, -0.25) is 4.79 Å². The standard InChI is InChI=1S/C24H30N6O3/c31-21(32)13-20(17-14-25-16-26-15-17)30-12-11-29(23(30)33)10-1-3-18-4-5-19-22(28-18)27-9-2-6-24(19)7-8-24/h4-5,14-16,20H,1-3,6-13H2,(H,27,28)(H,31,32). The van der Waals surface area contributed by atoms with Gasteiger partial charge in [0.1, 0.15) is 12.1 Å². The molecule has 5 rings (SSSR count). The van der Waals surface area contributed by atoms with Crippen molar-refractivity contribution < 1.29 is 14.7 Å².